The predicted molar refractivity (Wildman–Crippen MR) is 54.1 cm³/mol. The van der Waals surface area contributed by atoms with Gasteiger partial charge in [0.05, 0.1) is 12.1 Å². The number of nitrogens with zero attached hydrogens (tertiary/aromatic N) is 2. The van der Waals surface area contributed by atoms with E-state index in [-0.39, 0.29) is 11.6 Å². The molecule has 0 spiro atoms. The molecule has 0 aromatic carbocycles. The van der Waals surface area contributed by atoms with Gasteiger partial charge in [-0.1, -0.05) is 0 Å². The van der Waals surface area contributed by atoms with Gasteiger partial charge in [0.2, 0.25) is 0 Å². The summed E-state index contributed by atoms with van der Waals surface area (Å²) in [6.45, 7) is 1.64. The number of carbonyl (C=O) groups excluding carboxylic acids is 1. The summed E-state index contributed by atoms with van der Waals surface area (Å²) in [7, 11) is 1.73. The molecule has 1 N–H and O–H groups in total. The first-order valence-electron chi connectivity index (χ1n) is 4.88. The zero-order valence-electron chi connectivity index (χ0n) is 8.84. The minimum atomic E-state index is -1.03. The van der Waals surface area contributed by atoms with Crippen molar-refractivity contribution in [2.45, 2.75) is 6.54 Å². The molecule has 0 atom stereocenters. The number of urea groups is 1. The average Bonchev–Trinajstić information content (AvgIpc) is 2.81. The zero-order valence-corrected chi connectivity index (χ0v) is 8.84. The van der Waals surface area contributed by atoms with Crippen LogP contribution >= 0.6 is 0 Å². The molecule has 1 saturated heterocycles. The Bertz CT molecular complexity index is 426. The lowest BCUT2D eigenvalue weighted by molar-refractivity contribution is 0.0696. The summed E-state index contributed by atoms with van der Waals surface area (Å²) in [5, 5.41) is 8.70. The van der Waals surface area contributed by atoms with Gasteiger partial charge in [0.25, 0.3) is 0 Å². The molecule has 1 aliphatic rings. The zero-order chi connectivity index (χ0) is 11.7. The van der Waals surface area contributed by atoms with Crippen LogP contribution in [0, 0.1) is 0 Å². The smallest absolute Gasteiger partial charge is 0.338 e. The molecule has 1 aromatic rings. The van der Waals surface area contributed by atoms with Crippen molar-refractivity contribution < 1.29 is 19.1 Å². The summed E-state index contributed by atoms with van der Waals surface area (Å²) in [5.41, 5.74) is 0.106. The monoisotopic (exact) mass is 224 g/mol. The van der Waals surface area contributed by atoms with Gasteiger partial charge in [0.15, 0.2) is 0 Å². The van der Waals surface area contributed by atoms with Crippen molar-refractivity contribution in [3.05, 3.63) is 23.7 Å². The fourth-order valence-electron chi connectivity index (χ4n) is 1.61. The van der Waals surface area contributed by atoms with E-state index in [2.05, 4.69) is 0 Å². The van der Waals surface area contributed by atoms with Crippen molar-refractivity contribution in [1.82, 2.24) is 9.80 Å². The maximum atomic E-state index is 11.5. The van der Waals surface area contributed by atoms with Crippen molar-refractivity contribution in [2.75, 3.05) is 20.1 Å². The Morgan fingerprint density at radius 2 is 2.31 bits per heavy atom. The minimum absolute atomic E-state index is 0.0618. The Hall–Kier alpha value is -1.98. The van der Waals surface area contributed by atoms with E-state index in [0.717, 1.165) is 0 Å². The van der Waals surface area contributed by atoms with E-state index in [1.54, 1.807) is 16.8 Å². The van der Waals surface area contributed by atoms with Gasteiger partial charge in [-0.3, -0.25) is 0 Å². The fraction of sp³-hybridized carbons (Fsp3) is 0.400. The lowest BCUT2D eigenvalue weighted by atomic mass is 10.3. The Balaban J connectivity index is 2.04. The second kappa shape index (κ2) is 3.88. The number of carboxylic acids is 1. The molecule has 1 aromatic heterocycles. The second-order valence-electron chi connectivity index (χ2n) is 3.73. The first-order valence-corrected chi connectivity index (χ1v) is 4.88. The number of likely N-dealkylation sites (N-methyl/N-ethyl adjacent to an activating group) is 1. The molecular weight excluding hydrogens is 212 g/mol. The molecular formula is C10H12N2O4. The standard InChI is InChI=1S/C10H12N2O4/c1-11-2-3-12(10(11)15)5-8-4-7(6-16-8)9(13)14/h4,6H,2-3,5H2,1H3,(H,13,14). The summed E-state index contributed by atoms with van der Waals surface area (Å²) < 4.78 is 5.08. The van der Waals surface area contributed by atoms with Crippen LogP contribution in [-0.4, -0.2) is 47.0 Å². The molecule has 0 radical (unpaired) electrons. The molecule has 0 aliphatic carbocycles. The normalized spacial score (nSPS) is 15.9. The molecule has 86 valence electrons. The second-order valence-corrected chi connectivity index (χ2v) is 3.73. The van der Waals surface area contributed by atoms with Gasteiger partial charge in [0, 0.05) is 20.1 Å². The fourth-order valence-corrected chi connectivity index (χ4v) is 1.61. The van der Waals surface area contributed by atoms with Crippen LogP contribution in [-0.2, 0) is 6.54 Å². The number of hydrogen-bond acceptors (Lipinski definition) is 3. The number of furan rings is 1. The largest absolute Gasteiger partial charge is 0.478 e. The number of rotatable bonds is 3. The van der Waals surface area contributed by atoms with Crippen LogP contribution in [0.4, 0.5) is 4.79 Å². The van der Waals surface area contributed by atoms with Crippen molar-refractivity contribution in [3.63, 3.8) is 0 Å². The van der Waals surface area contributed by atoms with Gasteiger partial charge in [-0.15, -0.1) is 0 Å². The number of carbonyl (C=O) groups is 2. The van der Waals surface area contributed by atoms with E-state index < -0.39 is 5.97 Å². The van der Waals surface area contributed by atoms with E-state index in [9.17, 15) is 9.59 Å². The summed E-state index contributed by atoms with van der Waals surface area (Å²) in [6.07, 6.45) is 1.18. The van der Waals surface area contributed by atoms with E-state index in [1.165, 1.54) is 12.3 Å². The molecule has 1 aliphatic heterocycles. The number of carboxylic acid groups (broad SMARTS) is 1. The van der Waals surface area contributed by atoms with Crippen LogP contribution in [0.2, 0.25) is 0 Å². The summed E-state index contributed by atoms with van der Waals surface area (Å²) in [5.74, 6) is -0.541. The minimum Gasteiger partial charge on any atom is -0.478 e. The quantitative estimate of drug-likeness (QED) is 0.825. The first kappa shape index (κ1) is 10.5. The Morgan fingerprint density at radius 1 is 1.56 bits per heavy atom. The topological polar surface area (TPSA) is 74.0 Å². The lowest BCUT2D eigenvalue weighted by Crippen LogP contribution is -2.28. The predicted octanol–water partition coefficient (Wildman–Crippen LogP) is 0.845. The van der Waals surface area contributed by atoms with Gasteiger partial charge in [-0.05, 0) is 6.07 Å². The molecule has 6 heteroatoms. The molecule has 6 nitrogen and oxygen atoms in total. The van der Waals surface area contributed by atoms with Crippen LogP contribution < -0.4 is 0 Å². The third-order valence-corrected chi connectivity index (χ3v) is 2.55. The van der Waals surface area contributed by atoms with Crippen molar-refractivity contribution in [2.24, 2.45) is 0 Å². The number of amides is 2. The first-order chi connectivity index (χ1) is 7.58. The Morgan fingerprint density at radius 3 is 2.81 bits per heavy atom. The lowest BCUT2D eigenvalue weighted by Gasteiger charge is -2.13. The maximum Gasteiger partial charge on any atom is 0.338 e. The van der Waals surface area contributed by atoms with Gasteiger partial charge >= 0.3 is 12.0 Å². The van der Waals surface area contributed by atoms with Gasteiger partial charge < -0.3 is 19.3 Å². The van der Waals surface area contributed by atoms with Crippen molar-refractivity contribution >= 4 is 12.0 Å². The van der Waals surface area contributed by atoms with Crippen LogP contribution in [0.3, 0.4) is 0 Å². The molecule has 0 unspecified atom stereocenters. The highest BCUT2D eigenvalue weighted by Crippen LogP contribution is 2.14. The van der Waals surface area contributed by atoms with Crippen molar-refractivity contribution in [1.29, 1.82) is 0 Å². The van der Waals surface area contributed by atoms with Gasteiger partial charge in [0.1, 0.15) is 12.0 Å². The third kappa shape index (κ3) is 1.86. The number of hydrogen-bond donors (Lipinski definition) is 1. The van der Waals surface area contributed by atoms with E-state index in [4.69, 9.17) is 9.52 Å². The van der Waals surface area contributed by atoms with Crippen LogP contribution in [0.25, 0.3) is 0 Å². The maximum absolute atomic E-state index is 11.5. The Kier molecular flexibility index (Phi) is 2.55. The van der Waals surface area contributed by atoms with Gasteiger partial charge in [-0.2, -0.15) is 0 Å². The van der Waals surface area contributed by atoms with E-state index >= 15 is 0 Å². The summed E-state index contributed by atoms with van der Waals surface area (Å²) in [6, 6.07) is 1.38. The Labute approximate surface area is 92.0 Å². The van der Waals surface area contributed by atoms with E-state index in [0.29, 0.717) is 25.4 Å². The SMILES string of the molecule is CN1CCN(Cc2cc(C(=O)O)co2)C1=O. The average molecular weight is 224 g/mol. The highest BCUT2D eigenvalue weighted by Gasteiger charge is 2.26. The highest BCUT2D eigenvalue weighted by atomic mass is 16.4. The van der Waals surface area contributed by atoms with Gasteiger partial charge in [-0.25, -0.2) is 9.59 Å². The number of aromatic carboxylic acids is 1. The highest BCUT2D eigenvalue weighted by molar-refractivity contribution is 5.87. The molecule has 2 rings (SSSR count). The van der Waals surface area contributed by atoms with Crippen molar-refractivity contribution in [3.8, 4) is 0 Å². The van der Waals surface area contributed by atoms with Crippen LogP contribution in [0.15, 0.2) is 16.7 Å². The molecule has 2 amide bonds. The molecule has 1 fully saturated rings. The summed E-state index contributed by atoms with van der Waals surface area (Å²) in [4.78, 5) is 25.4. The molecule has 2 heterocycles. The molecule has 0 saturated carbocycles. The van der Waals surface area contributed by atoms with E-state index in [1.807, 2.05) is 0 Å². The molecule has 16 heavy (non-hydrogen) atoms. The third-order valence-electron chi connectivity index (χ3n) is 2.55. The molecule has 0 bridgehead atoms. The summed E-state index contributed by atoms with van der Waals surface area (Å²) >= 11 is 0. The van der Waals surface area contributed by atoms with Crippen LogP contribution in [0.1, 0.15) is 16.1 Å². The van der Waals surface area contributed by atoms with Crippen LogP contribution in [0.5, 0.6) is 0 Å².